The highest BCUT2D eigenvalue weighted by Gasteiger charge is 2.22. The first-order valence-electron chi connectivity index (χ1n) is 5.94. The van der Waals surface area contributed by atoms with E-state index in [0.29, 0.717) is 5.02 Å². The summed E-state index contributed by atoms with van der Waals surface area (Å²) in [6.45, 7) is 1.62. The second-order valence-corrected chi connectivity index (χ2v) is 6.62. The molecule has 0 fully saturated rings. The van der Waals surface area contributed by atoms with E-state index in [1.807, 2.05) is 0 Å². The Morgan fingerprint density at radius 1 is 1.33 bits per heavy atom. The molecule has 0 saturated carbocycles. The summed E-state index contributed by atoms with van der Waals surface area (Å²) in [6.07, 6.45) is 0. The lowest BCUT2D eigenvalue weighted by molar-refractivity contribution is -0.139. The van der Waals surface area contributed by atoms with Crippen LogP contribution in [-0.2, 0) is 24.2 Å². The number of nitrogens with two attached hydrogens (primary N) is 1. The number of ether oxygens (including phenoxy) is 1. The highest BCUT2D eigenvalue weighted by molar-refractivity contribution is 7.92. The summed E-state index contributed by atoms with van der Waals surface area (Å²) >= 11 is 5.75. The van der Waals surface area contributed by atoms with Gasteiger partial charge in [-0.05, 0) is 25.1 Å². The number of hydrogen-bond donors (Lipinski definition) is 2. The van der Waals surface area contributed by atoms with Gasteiger partial charge in [0, 0.05) is 5.02 Å². The van der Waals surface area contributed by atoms with Crippen molar-refractivity contribution in [1.29, 1.82) is 0 Å². The molecule has 0 aliphatic carbocycles. The van der Waals surface area contributed by atoms with Crippen molar-refractivity contribution in [3.63, 3.8) is 0 Å². The largest absolute Gasteiger partial charge is 0.465 e. The molecule has 7 nitrogen and oxygen atoms in total. The third-order valence-corrected chi connectivity index (χ3v) is 3.90. The summed E-state index contributed by atoms with van der Waals surface area (Å²) in [5.41, 5.74) is 6.08. The molecule has 0 heterocycles. The van der Waals surface area contributed by atoms with Gasteiger partial charge >= 0.3 is 5.97 Å². The van der Waals surface area contributed by atoms with Crippen LogP contribution in [0.25, 0.3) is 0 Å². The normalized spacial score (nSPS) is 11.0. The standard InChI is InChI=1S/C12H15ClN2O5S/c1-2-20-12(17)7-21(18,19)6-11(16)15-10-5-8(13)3-4-9(10)14/h3-5H,2,6-7,14H2,1H3,(H,15,16). The van der Waals surface area contributed by atoms with E-state index in [1.54, 1.807) is 6.92 Å². The molecule has 0 bridgehead atoms. The quantitative estimate of drug-likeness (QED) is 0.588. The van der Waals surface area contributed by atoms with Gasteiger partial charge < -0.3 is 15.8 Å². The number of rotatable bonds is 6. The van der Waals surface area contributed by atoms with E-state index in [0.717, 1.165) is 0 Å². The molecule has 116 valence electrons. The second-order valence-electron chi connectivity index (χ2n) is 4.12. The van der Waals surface area contributed by atoms with Crippen LogP contribution in [0.4, 0.5) is 11.4 Å². The van der Waals surface area contributed by atoms with Gasteiger partial charge in [-0.25, -0.2) is 8.42 Å². The van der Waals surface area contributed by atoms with E-state index < -0.39 is 33.2 Å². The molecule has 0 radical (unpaired) electrons. The van der Waals surface area contributed by atoms with E-state index in [4.69, 9.17) is 17.3 Å². The number of benzene rings is 1. The Labute approximate surface area is 127 Å². The molecule has 1 amide bonds. The van der Waals surface area contributed by atoms with Crippen LogP contribution in [0.2, 0.25) is 5.02 Å². The summed E-state index contributed by atoms with van der Waals surface area (Å²) in [4.78, 5) is 22.8. The Morgan fingerprint density at radius 2 is 2.00 bits per heavy atom. The van der Waals surface area contributed by atoms with E-state index >= 15 is 0 Å². The number of nitrogen functional groups attached to an aromatic ring is 1. The van der Waals surface area contributed by atoms with E-state index in [1.165, 1.54) is 18.2 Å². The van der Waals surface area contributed by atoms with Gasteiger partial charge in [-0.3, -0.25) is 9.59 Å². The van der Waals surface area contributed by atoms with Crippen LogP contribution < -0.4 is 11.1 Å². The summed E-state index contributed by atoms with van der Waals surface area (Å²) in [7, 11) is -3.91. The van der Waals surface area contributed by atoms with Crippen molar-refractivity contribution in [3.8, 4) is 0 Å². The third kappa shape index (κ3) is 6.01. The van der Waals surface area contributed by atoms with Crippen LogP contribution >= 0.6 is 11.6 Å². The molecule has 0 aromatic heterocycles. The fourth-order valence-corrected chi connectivity index (χ4v) is 2.64. The van der Waals surface area contributed by atoms with Crippen molar-refractivity contribution in [3.05, 3.63) is 23.2 Å². The van der Waals surface area contributed by atoms with Crippen molar-refractivity contribution in [2.24, 2.45) is 0 Å². The van der Waals surface area contributed by atoms with Gasteiger partial charge in [-0.1, -0.05) is 11.6 Å². The van der Waals surface area contributed by atoms with Gasteiger partial charge in [0.25, 0.3) is 0 Å². The highest BCUT2D eigenvalue weighted by Crippen LogP contribution is 2.22. The molecule has 0 atom stereocenters. The molecule has 0 unspecified atom stereocenters. The van der Waals surface area contributed by atoms with Crippen molar-refractivity contribution in [2.45, 2.75) is 6.92 Å². The Morgan fingerprint density at radius 3 is 2.62 bits per heavy atom. The average Bonchev–Trinajstić information content (AvgIpc) is 2.32. The smallest absolute Gasteiger partial charge is 0.321 e. The van der Waals surface area contributed by atoms with Gasteiger partial charge in [-0.2, -0.15) is 0 Å². The molecule has 1 rings (SSSR count). The number of anilines is 2. The van der Waals surface area contributed by atoms with Crippen molar-refractivity contribution in [2.75, 3.05) is 29.2 Å². The van der Waals surface area contributed by atoms with Gasteiger partial charge in [0.05, 0.1) is 18.0 Å². The van der Waals surface area contributed by atoms with Gasteiger partial charge in [0.2, 0.25) is 5.91 Å². The Kier molecular flexibility index (Phi) is 5.98. The molecule has 21 heavy (non-hydrogen) atoms. The number of amides is 1. The summed E-state index contributed by atoms with van der Waals surface area (Å²) < 4.78 is 27.8. The minimum Gasteiger partial charge on any atom is -0.465 e. The Balaban J connectivity index is 2.68. The number of nitrogens with one attached hydrogen (secondary N) is 1. The van der Waals surface area contributed by atoms with E-state index in [2.05, 4.69) is 10.1 Å². The van der Waals surface area contributed by atoms with E-state index in [-0.39, 0.29) is 18.0 Å². The number of halogens is 1. The van der Waals surface area contributed by atoms with Gasteiger partial charge in [0.15, 0.2) is 9.84 Å². The Bertz CT molecular complexity index is 645. The number of carbonyl (C=O) groups excluding carboxylic acids is 2. The molecule has 0 aliphatic rings. The van der Waals surface area contributed by atoms with Crippen molar-refractivity contribution >= 4 is 44.7 Å². The molecule has 0 saturated heterocycles. The minimum absolute atomic E-state index is 0.0690. The maximum atomic E-state index is 11.7. The predicted octanol–water partition coefficient (Wildman–Crippen LogP) is 0.839. The van der Waals surface area contributed by atoms with E-state index in [9.17, 15) is 18.0 Å². The first-order valence-corrected chi connectivity index (χ1v) is 8.14. The molecular weight excluding hydrogens is 320 g/mol. The van der Waals surface area contributed by atoms with Crippen molar-refractivity contribution < 1.29 is 22.7 Å². The highest BCUT2D eigenvalue weighted by atomic mass is 35.5. The first kappa shape index (κ1) is 17.3. The Hall–Kier alpha value is -1.80. The molecular formula is C12H15ClN2O5S. The van der Waals surface area contributed by atoms with Crippen LogP contribution in [0, 0.1) is 0 Å². The monoisotopic (exact) mass is 334 g/mol. The maximum Gasteiger partial charge on any atom is 0.321 e. The van der Waals surface area contributed by atoms with Crippen molar-refractivity contribution in [1.82, 2.24) is 0 Å². The maximum absolute atomic E-state index is 11.7. The zero-order chi connectivity index (χ0) is 16.0. The zero-order valence-electron chi connectivity index (χ0n) is 11.3. The van der Waals surface area contributed by atoms with Crippen LogP contribution in [0.5, 0.6) is 0 Å². The first-order chi connectivity index (χ1) is 9.73. The fourth-order valence-electron chi connectivity index (χ4n) is 1.46. The molecule has 1 aromatic carbocycles. The molecule has 0 aliphatic heterocycles. The van der Waals surface area contributed by atoms with Crippen LogP contribution in [0.1, 0.15) is 6.92 Å². The lowest BCUT2D eigenvalue weighted by Gasteiger charge is -2.09. The molecule has 0 spiro atoms. The number of esters is 1. The average molecular weight is 335 g/mol. The molecule has 1 aromatic rings. The van der Waals surface area contributed by atoms with Gasteiger partial charge in [-0.15, -0.1) is 0 Å². The predicted molar refractivity (Wildman–Crippen MR) is 79.8 cm³/mol. The van der Waals surface area contributed by atoms with Gasteiger partial charge in [0.1, 0.15) is 11.5 Å². The summed E-state index contributed by atoms with van der Waals surface area (Å²) in [5, 5.41) is 2.67. The lowest BCUT2D eigenvalue weighted by Crippen LogP contribution is -2.28. The zero-order valence-corrected chi connectivity index (χ0v) is 12.8. The number of carbonyl (C=O) groups is 2. The lowest BCUT2D eigenvalue weighted by atomic mass is 10.2. The minimum atomic E-state index is -3.91. The molecule has 9 heteroatoms. The SMILES string of the molecule is CCOC(=O)CS(=O)(=O)CC(=O)Nc1cc(Cl)ccc1N. The second kappa shape index (κ2) is 7.28. The van der Waals surface area contributed by atoms with Crippen LogP contribution in [0.3, 0.4) is 0 Å². The third-order valence-electron chi connectivity index (χ3n) is 2.28. The summed E-state index contributed by atoms with van der Waals surface area (Å²) in [6, 6.07) is 4.40. The number of hydrogen-bond acceptors (Lipinski definition) is 6. The fraction of sp³-hybridized carbons (Fsp3) is 0.333. The summed E-state index contributed by atoms with van der Waals surface area (Å²) in [5.74, 6) is -3.40. The topological polar surface area (TPSA) is 116 Å². The molecule has 3 N–H and O–H groups in total. The van der Waals surface area contributed by atoms with Crippen LogP contribution in [-0.4, -0.2) is 38.4 Å². The number of sulfone groups is 1. The van der Waals surface area contributed by atoms with Crippen LogP contribution in [0.15, 0.2) is 18.2 Å².